The van der Waals surface area contributed by atoms with Crippen molar-refractivity contribution < 1.29 is 4.84 Å². The van der Waals surface area contributed by atoms with Crippen LogP contribution in [0.2, 0.25) is 5.02 Å². The lowest BCUT2D eigenvalue weighted by Crippen LogP contribution is -2.17. The highest BCUT2D eigenvalue weighted by Gasteiger charge is 2.13. The maximum absolute atomic E-state index is 5.96. The number of hydrogen-bond donors (Lipinski definition) is 1. The van der Waals surface area contributed by atoms with Crippen LogP contribution < -0.4 is 5.73 Å². The minimum atomic E-state index is -0.312. The van der Waals surface area contributed by atoms with E-state index in [0.717, 1.165) is 17.7 Å². The van der Waals surface area contributed by atoms with Gasteiger partial charge in [-0.05, 0) is 45.4 Å². The highest BCUT2D eigenvalue weighted by Crippen LogP contribution is 2.20. The van der Waals surface area contributed by atoms with Crippen molar-refractivity contribution in [1.29, 1.82) is 0 Å². The van der Waals surface area contributed by atoms with Crippen LogP contribution in [0.5, 0.6) is 0 Å². The Kier molecular flexibility index (Phi) is 4.40. The maximum Gasteiger partial charge on any atom is 0.129 e. The van der Waals surface area contributed by atoms with Crippen LogP contribution in [0.4, 0.5) is 5.69 Å². The molecule has 2 N–H and O–H groups in total. The molecule has 1 aromatic rings. The minimum absolute atomic E-state index is 0.312. The summed E-state index contributed by atoms with van der Waals surface area (Å²) in [6.45, 7) is 7.85. The summed E-state index contributed by atoms with van der Waals surface area (Å²) in [6, 6.07) is 5.35. The van der Waals surface area contributed by atoms with Gasteiger partial charge in [0.15, 0.2) is 0 Å². The third-order valence-corrected chi connectivity index (χ3v) is 2.33. The molecule has 94 valence electrons. The van der Waals surface area contributed by atoms with Crippen LogP contribution in [0.1, 0.15) is 39.7 Å². The number of hydrogen-bond acceptors (Lipinski definition) is 3. The van der Waals surface area contributed by atoms with Crippen molar-refractivity contribution in [3.8, 4) is 0 Å². The number of nitrogen functional groups attached to an aromatic ring is 1. The summed E-state index contributed by atoms with van der Waals surface area (Å²) in [7, 11) is 0. The highest BCUT2D eigenvalue weighted by molar-refractivity contribution is 6.31. The molecule has 0 atom stereocenters. The first-order valence-electron chi connectivity index (χ1n) is 5.64. The lowest BCUT2D eigenvalue weighted by molar-refractivity contribution is 0.000752. The topological polar surface area (TPSA) is 47.6 Å². The Morgan fingerprint density at radius 2 is 2.06 bits per heavy atom. The van der Waals surface area contributed by atoms with Crippen LogP contribution in [0.15, 0.2) is 23.4 Å². The zero-order valence-electron chi connectivity index (χ0n) is 10.7. The Labute approximate surface area is 108 Å². The average molecular weight is 255 g/mol. The third-order valence-electron chi connectivity index (χ3n) is 2.09. The summed E-state index contributed by atoms with van der Waals surface area (Å²) >= 11 is 5.96. The Bertz CT molecular complexity index is 422. The van der Waals surface area contributed by atoms with Gasteiger partial charge in [0.05, 0.1) is 5.71 Å². The van der Waals surface area contributed by atoms with Crippen LogP contribution in [0.3, 0.4) is 0 Å². The molecule has 1 rings (SSSR count). The Balaban J connectivity index is 3.05. The molecular formula is C13H19ClN2O. The molecule has 4 heteroatoms. The molecule has 17 heavy (non-hydrogen) atoms. The van der Waals surface area contributed by atoms with Crippen molar-refractivity contribution in [2.24, 2.45) is 5.16 Å². The molecule has 0 spiro atoms. The van der Waals surface area contributed by atoms with Gasteiger partial charge < -0.3 is 10.6 Å². The van der Waals surface area contributed by atoms with E-state index in [4.69, 9.17) is 22.2 Å². The van der Waals surface area contributed by atoms with Gasteiger partial charge in [-0.15, -0.1) is 0 Å². The predicted octanol–water partition coefficient (Wildman–Crippen LogP) is 3.85. The van der Waals surface area contributed by atoms with Gasteiger partial charge in [0.2, 0.25) is 0 Å². The number of benzene rings is 1. The van der Waals surface area contributed by atoms with E-state index in [1.807, 2.05) is 33.8 Å². The third kappa shape index (κ3) is 4.27. The van der Waals surface area contributed by atoms with Gasteiger partial charge in [-0.3, -0.25) is 0 Å². The molecule has 0 aromatic heterocycles. The standard InChI is InChI=1S/C13H19ClN2O/c1-5-12(16-17-13(2,3)4)10-8-9(14)6-7-11(10)15/h6-8H,5,15H2,1-4H3/b16-12+. The lowest BCUT2D eigenvalue weighted by atomic mass is 10.1. The Morgan fingerprint density at radius 1 is 1.41 bits per heavy atom. The molecule has 0 saturated carbocycles. The molecule has 1 aromatic carbocycles. The van der Waals surface area contributed by atoms with Gasteiger partial charge in [0.1, 0.15) is 5.60 Å². The van der Waals surface area contributed by atoms with Gasteiger partial charge >= 0.3 is 0 Å². The van der Waals surface area contributed by atoms with E-state index in [1.54, 1.807) is 12.1 Å². The normalized spacial score (nSPS) is 12.6. The maximum atomic E-state index is 5.96. The van der Waals surface area contributed by atoms with Crippen LogP contribution >= 0.6 is 11.6 Å². The minimum Gasteiger partial charge on any atom is -0.398 e. The van der Waals surface area contributed by atoms with Crippen molar-refractivity contribution in [3.05, 3.63) is 28.8 Å². The monoisotopic (exact) mass is 254 g/mol. The number of nitrogens with two attached hydrogens (primary N) is 1. The van der Waals surface area contributed by atoms with Crippen LogP contribution in [-0.2, 0) is 4.84 Å². The van der Waals surface area contributed by atoms with Crippen molar-refractivity contribution in [3.63, 3.8) is 0 Å². The predicted molar refractivity (Wildman–Crippen MR) is 73.5 cm³/mol. The fraction of sp³-hybridized carbons (Fsp3) is 0.462. The van der Waals surface area contributed by atoms with Gasteiger partial charge in [0.25, 0.3) is 0 Å². The van der Waals surface area contributed by atoms with Crippen LogP contribution in [0.25, 0.3) is 0 Å². The first kappa shape index (κ1) is 13.8. The molecule has 0 heterocycles. The summed E-state index contributed by atoms with van der Waals surface area (Å²) in [4.78, 5) is 5.42. The first-order valence-corrected chi connectivity index (χ1v) is 6.01. The molecular weight excluding hydrogens is 236 g/mol. The van der Waals surface area contributed by atoms with Gasteiger partial charge in [-0.25, -0.2) is 0 Å². The van der Waals surface area contributed by atoms with E-state index >= 15 is 0 Å². The second-order valence-corrected chi connectivity index (χ2v) is 5.26. The van der Waals surface area contributed by atoms with E-state index in [2.05, 4.69) is 5.16 Å². The molecule has 0 saturated heterocycles. The quantitative estimate of drug-likeness (QED) is 0.506. The lowest BCUT2D eigenvalue weighted by Gasteiger charge is -2.17. The zero-order chi connectivity index (χ0) is 13.1. The Hall–Kier alpha value is -1.22. The van der Waals surface area contributed by atoms with Gasteiger partial charge in [-0.1, -0.05) is 23.7 Å². The second kappa shape index (κ2) is 5.41. The molecule has 0 aliphatic carbocycles. The highest BCUT2D eigenvalue weighted by atomic mass is 35.5. The van der Waals surface area contributed by atoms with E-state index in [0.29, 0.717) is 10.7 Å². The summed E-state index contributed by atoms with van der Waals surface area (Å²) in [6.07, 6.45) is 0.737. The van der Waals surface area contributed by atoms with E-state index < -0.39 is 0 Å². The molecule has 0 amide bonds. The van der Waals surface area contributed by atoms with Crippen LogP contribution in [0, 0.1) is 0 Å². The molecule has 0 aliphatic rings. The van der Waals surface area contributed by atoms with E-state index in [9.17, 15) is 0 Å². The molecule has 0 fully saturated rings. The molecule has 3 nitrogen and oxygen atoms in total. The van der Waals surface area contributed by atoms with Gasteiger partial charge in [0, 0.05) is 16.3 Å². The summed E-state index contributed by atoms with van der Waals surface area (Å²) in [5, 5.41) is 4.81. The number of nitrogens with zero attached hydrogens (tertiary/aromatic N) is 1. The summed E-state index contributed by atoms with van der Waals surface area (Å²) in [5.41, 5.74) is 7.90. The van der Waals surface area contributed by atoms with E-state index in [-0.39, 0.29) is 5.60 Å². The average Bonchev–Trinajstić information content (AvgIpc) is 2.22. The summed E-state index contributed by atoms with van der Waals surface area (Å²) < 4.78 is 0. The molecule has 0 bridgehead atoms. The van der Waals surface area contributed by atoms with Crippen LogP contribution in [-0.4, -0.2) is 11.3 Å². The fourth-order valence-electron chi connectivity index (χ4n) is 1.27. The largest absolute Gasteiger partial charge is 0.398 e. The molecule has 0 radical (unpaired) electrons. The SMILES string of the molecule is CC/C(=N\OC(C)(C)C)c1cc(Cl)ccc1N. The number of rotatable bonds is 3. The van der Waals surface area contributed by atoms with E-state index in [1.165, 1.54) is 0 Å². The van der Waals surface area contributed by atoms with Gasteiger partial charge in [-0.2, -0.15) is 0 Å². The zero-order valence-corrected chi connectivity index (χ0v) is 11.5. The molecule has 0 aliphatic heterocycles. The second-order valence-electron chi connectivity index (χ2n) is 4.83. The molecule has 0 unspecified atom stereocenters. The first-order chi connectivity index (χ1) is 7.83. The van der Waals surface area contributed by atoms with Crippen molar-refractivity contribution in [2.45, 2.75) is 39.7 Å². The number of oxime groups is 1. The number of anilines is 1. The number of halogens is 1. The van der Waals surface area contributed by atoms with Crippen molar-refractivity contribution in [1.82, 2.24) is 0 Å². The smallest absolute Gasteiger partial charge is 0.129 e. The Morgan fingerprint density at radius 3 is 2.59 bits per heavy atom. The fourth-order valence-corrected chi connectivity index (χ4v) is 1.45. The summed E-state index contributed by atoms with van der Waals surface area (Å²) in [5.74, 6) is 0. The van der Waals surface area contributed by atoms with Crippen molar-refractivity contribution in [2.75, 3.05) is 5.73 Å². The van der Waals surface area contributed by atoms with Crippen molar-refractivity contribution >= 4 is 23.0 Å².